The van der Waals surface area contributed by atoms with Crippen LogP contribution in [0.3, 0.4) is 0 Å². The molecule has 5 heteroatoms. The van der Waals surface area contributed by atoms with E-state index >= 15 is 0 Å². The molecule has 0 spiro atoms. The van der Waals surface area contributed by atoms with E-state index in [2.05, 4.69) is 16.7 Å². The van der Waals surface area contributed by atoms with Gasteiger partial charge in [-0.05, 0) is 43.4 Å². The quantitative estimate of drug-likeness (QED) is 0.885. The van der Waals surface area contributed by atoms with E-state index in [0.29, 0.717) is 18.5 Å². The number of amides is 3. The summed E-state index contributed by atoms with van der Waals surface area (Å²) in [7, 11) is 1.67. The Morgan fingerprint density at radius 2 is 1.88 bits per heavy atom. The van der Waals surface area contributed by atoms with Gasteiger partial charge in [0.25, 0.3) is 5.91 Å². The molecule has 5 nitrogen and oxygen atoms in total. The zero-order chi connectivity index (χ0) is 17.6. The number of piperidine rings is 1. The lowest BCUT2D eigenvalue weighted by atomic mass is 9.89. The van der Waals surface area contributed by atoms with E-state index in [9.17, 15) is 9.59 Å². The molecule has 0 aromatic heterocycles. The molecule has 25 heavy (non-hydrogen) atoms. The van der Waals surface area contributed by atoms with Crippen molar-refractivity contribution in [2.75, 3.05) is 20.1 Å². The van der Waals surface area contributed by atoms with Gasteiger partial charge in [-0.2, -0.15) is 0 Å². The third-order valence-electron chi connectivity index (χ3n) is 5.48. The molecule has 0 radical (unpaired) electrons. The zero-order valence-corrected chi connectivity index (χ0v) is 15.1. The summed E-state index contributed by atoms with van der Waals surface area (Å²) in [5.41, 5.74) is 1.89. The standard InChI is InChI=1S/C20H29N3O2/c1-21-20(25)23-12-6-9-17(14-23)15-7-5-8-16(13-15)19(24)22-18-10-3-2-4-11-18/h5,7-8,13,17-18H,2-4,6,9-12,14H2,1H3,(H,21,25)(H,22,24)/t17-/m1/s1. The molecule has 2 N–H and O–H groups in total. The number of nitrogens with one attached hydrogen (secondary N) is 2. The van der Waals surface area contributed by atoms with Gasteiger partial charge in [0.05, 0.1) is 0 Å². The maximum absolute atomic E-state index is 12.6. The van der Waals surface area contributed by atoms with E-state index < -0.39 is 0 Å². The molecule has 1 heterocycles. The Kier molecular flexibility index (Phi) is 5.95. The van der Waals surface area contributed by atoms with Gasteiger partial charge in [0.15, 0.2) is 0 Å². The highest BCUT2D eigenvalue weighted by atomic mass is 16.2. The van der Waals surface area contributed by atoms with Crippen LogP contribution >= 0.6 is 0 Å². The zero-order valence-electron chi connectivity index (χ0n) is 15.1. The van der Waals surface area contributed by atoms with Gasteiger partial charge < -0.3 is 15.5 Å². The van der Waals surface area contributed by atoms with Crippen LogP contribution in [0, 0.1) is 0 Å². The van der Waals surface area contributed by atoms with Crippen molar-refractivity contribution in [3.8, 4) is 0 Å². The first-order chi connectivity index (χ1) is 12.2. The summed E-state index contributed by atoms with van der Waals surface area (Å²) in [5, 5.41) is 5.89. The van der Waals surface area contributed by atoms with Crippen LogP contribution in [-0.4, -0.2) is 43.0 Å². The van der Waals surface area contributed by atoms with Crippen molar-refractivity contribution in [1.82, 2.24) is 15.5 Å². The molecule has 0 unspecified atom stereocenters. The molecule has 3 rings (SSSR count). The van der Waals surface area contributed by atoms with Crippen LogP contribution in [0.15, 0.2) is 24.3 Å². The number of urea groups is 1. The number of nitrogens with zero attached hydrogens (tertiary/aromatic N) is 1. The van der Waals surface area contributed by atoms with Gasteiger partial charge in [0, 0.05) is 37.7 Å². The Morgan fingerprint density at radius 3 is 2.64 bits per heavy atom. The van der Waals surface area contributed by atoms with Crippen LogP contribution in [0.4, 0.5) is 4.79 Å². The molecule has 1 aliphatic carbocycles. The molecule has 1 saturated heterocycles. The minimum Gasteiger partial charge on any atom is -0.349 e. The molecular weight excluding hydrogens is 314 g/mol. The second kappa shape index (κ2) is 8.37. The van der Waals surface area contributed by atoms with Gasteiger partial charge in [-0.3, -0.25) is 4.79 Å². The third kappa shape index (κ3) is 4.53. The number of benzene rings is 1. The first-order valence-electron chi connectivity index (χ1n) is 9.55. The first-order valence-corrected chi connectivity index (χ1v) is 9.55. The number of hydrogen-bond acceptors (Lipinski definition) is 2. The van der Waals surface area contributed by atoms with E-state index in [1.54, 1.807) is 7.05 Å². The maximum atomic E-state index is 12.6. The van der Waals surface area contributed by atoms with Gasteiger partial charge in [0.2, 0.25) is 0 Å². The van der Waals surface area contributed by atoms with Crippen molar-refractivity contribution in [1.29, 1.82) is 0 Å². The van der Waals surface area contributed by atoms with E-state index in [0.717, 1.165) is 43.4 Å². The van der Waals surface area contributed by atoms with E-state index in [1.165, 1.54) is 19.3 Å². The number of rotatable bonds is 3. The van der Waals surface area contributed by atoms with Gasteiger partial charge >= 0.3 is 6.03 Å². The van der Waals surface area contributed by atoms with Crippen LogP contribution in [0.5, 0.6) is 0 Å². The monoisotopic (exact) mass is 343 g/mol. The summed E-state index contributed by atoms with van der Waals surface area (Å²) >= 11 is 0. The fourth-order valence-electron chi connectivity index (χ4n) is 4.04. The average Bonchev–Trinajstić information content (AvgIpc) is 2.68. The van der Waals surface area contributed by atoms with Gasteiger partial charge in [-0.15, -0.1) is 0 Å². The van der Waals surface area contributed by atoms with Crippen molar-refractivity contribution in [3.63, 3.8) is 0 Å². The van der Waals surface area contributed by atoms with Gasteiger partial charge in [-0.25, -0.2) is 4.79 Å². The minimum atomic E-state index is -0.0177. The smallest absolute Gasteiger partial charge is 0.317 e. The molecule has 2 aliphatic rings. The van der Waals surface area contributed by atoms with Crippen molar-refractivity contribution in [2.45, 2.75) is 56.9 Å². The number of likely N-dealkylation sites (tertiary alicyclic amines) is 1. The van der Waals surface area contributed by atoms with E-state index in [-0.39, 0.29) is 11.9 Å². The maximum Gasteiger partial charge on any atom is 0.317 e. The van der Waals surface area contributed by atoms with Crippen LogP contribution in [0.25, 0.3) is 0 Å². The van der Waals surface area contributed by atoms with Crippen molar-refractivity contribution >= 4 is 11.9 Å². The number of carbonyl (C=O) groups excluding carboxylic acids is 2. The summed E-state index contributed by atoms with van der Waals surface area (Å²) in [6.07, 6.45) is 7.94. The molecule has 1 atom stereocenters. The highest BCUT2D eigenvalue weighted by molar-refractivity contribution is 5.94. The normalized spacial score (nSPS) is 21.6. The van der Waals surface area contributed by atoms with Crippen molar-refractivity contribution < 1.29 is 9.59 Å². The topological polar surface area (TPSA) is 61.4 Å². The highest BCUT2D eigenvalue weighted by Crippen LogP contribution is 2.27. The van der Waals surface area contributed by atoms with Crippen LogP contribution in [0.2, 0.25) is 0 Å². The van der Waals surface area contributed by atoms with Crippen molar-refractivity contribution in [2.24, 2.45) is 0 Å². The number of carbonyl (C=O) groups is 2. The molecule has 0 bridgehead atoms. The summed E-state index contributed by atoms with van der Waals surface area (Å²) in [4.78, 5) is 26.3. The molecule has 1 aromatic rings. The lowest BCUT2D eigenvalue weighted by Crippen LogP contribution is -2.43. The summed E-state index contributed by atoms with van der Waals surface area (Å²) in [6, 6.07) is 8.25. The van der Waals surface area contributed by atoms with Crippen LogP contribution in [-0.2, 0) is 0 Å². The van der Waals surface area contributed by atoms with Crippen LogP contribution < -0.4 is 10.6 Å². The highest BCUT2D eigenvalue weighted by Gasteiger charge is 2.25. The SMILES string of the molecule is CNC(=O)N1CCC[C@@H](c2cccc(C(=O)NC3CCCCC3)c2)C1. The van der Waals surface area contributed by atoms with Crippen LogP contribution in [0.1, 0.15) is 66.8 Å². The molecule has 1 aromatic carbocycles. The fraction of sp³-hybridized carbons (Fsp3) is 0.600. The summed E-state index contributed by atoms with van der Waals surface area (Å²) in [6.45, 7) is 1.52. The third-order valence-corrected chi connectivity index (χ3v) is 5.48. The van der Waals surface area contributed by atoms with E-state index in [1.807, 2.05) is 23.1 Å². The Morgan fingerprint density at radius 1 is 1.08 bits per heavy atom. The molecule has 3 amide bonds. The van der Waals surface area contributed by atoms with E-state index in [4.69, 9.17) is 0 Å². The second-order valence-corrected chi connectivity index (χ2v) is 7.27. The van der Waals surface area contributed by atoms with Crippen molar-refractivity contribution in [3.05, 3.63) is 35.4 Å². The van der Waals surface area contributed by atoms with Gasteiger partial charge in [-0.1, -0.05) is 31.4 Å². The lowest BCUT2D eigenvalue weighted by Gasteiger charge is -2.32. The Bertz CT molecular complexity index is 611. The molecule has 1 aliphatic heterocycles. The minimum absolute atomic E-state index is 0.0177. The lowest BCUT2D eigenvalue weighted by molar-refractivity contribution is 0.0927. The summed E-state index contributed by atoms with van der Waals surface area (Å²) in [5.74, 6) is 0.334. The molecular formula is C20H29N3O2. The molecule has 136 valence electrons. The fourth-order valence-corrected chi connectivity index (χ4v) is 4.04. The first kappa shape index (κ1) is 17.8. The number of hydrogen-bond donors (Lipinski definition) is 2. The predicted octanol–water partition coefficient (Wildman–Crippen LogP) is 3.27. The second-order valence-electron chi connectivity index (χ2n) is 7.27. The predicted molar refractivity (Wildman–Crippen MR) is 98.8 cm³/mol. The molecule has 2 fully saturated rings. The Hall–Kier alpha value is -2.04. The van der Waals surface area contributed by atoms with Gasteiger partial charge in [0.1, 0.15) is 0 Å². The largest absolute Gasteiger partial charge is 0.349 e. The Balaban J connectivity index is 1.66. The average molecular weight is 343 g/mol. The molecule has 1 saturated carbocycles. The summed E-state index contributed by atoms with van der Waals surface area (Å²) < 4.78 is 0. The Labute approximate surface area is 150 Å².